The van der Waals surface area contributed by atoms with Crippen LogP contribution in [0, 0.1) is 0 Å². The van der Waals surface area contributed by atoms with Crippen LogP contribution < -0.4 is 10.1 Å². The molecule has 1 N–H and O–H groups in total. The lowest BCUT2D eigenvalue weighted by Crippen LogP contribution is -2.69. The van der Waals surface area contributed by atoms with Gasteiger partial charge in [0.2, 0.25) is 14.8 Å². The first-order valence-corrected chi connectivity index (χ1v) is 12.8. The highest BCUT2D eigenvalue weighted by Gasteiger charge is 2.53. The van der Waals surface area contributed by atoms with E-state index < -0.39 is 14.8 Å². The lowest BCUT2D eigenvalue weighted by atomic mass is 10.1. The third-order valence-corrected chi connectivity index (χ3v) is 8.67. The molecule has 2 aromatic rings. The molecule has 2 aromatic carbocycles. The van der Waals surface area contributed by atoms with Crippen molar-refractivity contribution in [2.45, 2.75) is 35.7 Å². The molecule has 4 rings (SSSR count). The number of nitrogens with zero attached hydrogens (tertiary/aromatic N) is 2. The number of likely N-dealkylation sites (tertiary alicyclic amines) is 1. The summed E-state index contributed by atoms with van der Waals surface area (Å²) in [6.45, 7) is 2.50. The molecule has 0 saturated carbocycles. The van der Waals surface area contributed by atoms with Gasteiger partial charge < -0.3 is 14.4 Å². The van der Waals surface area contributed by atoms with Crippen molar-refractivity contribution in [1.82, 2.24) is 15.1 Å². The molecule has 0 radical (unpaired) electrons. The summed E-state index contributed by atoms with van der Waals surface area (Å²) in [5.74, 6) is 0.574. The standard InChI is InChI=1S/C24H31N3O5S.ClH/c1-31-21-9-11-22(12-10-21)33(29,30)24(25-19-20-7-3-2-4-8-20)13-5-6-14-27(24)23(28)26-15-17-32-18-16-26;/h2-4,7-12,25H,5-6,13-19H2,1H3;1H. The zero-order chi connectivity index (χ0) is 23.3. The second kappa shape index (κ2) is 11.4. The number of rotatable bonds is 6. The van der Waals surface area contributed by atoms with Crippen LogP contribution in [0.2, 0.25) is 0 Å². The first kappa shape index (κ1) is 26.3. The molecule has 2 heterocycles. The number of methoxy groups -OCH3 is 1. The van der Waals surface area contributed by atoms with Gasteiger partial charge in [-0.3, -0.25) is 10.2 Å². The van der Waals surface area contributed by atoms with Crippen LogP contribution in [0.4, 0.5) is 4.79 Å². The van der Waals surface area contributed by atoms with Crippen LogP contribution >= 0.6 is 12.4 Å². The Balaban J connectivity index is 0.00000324. The van der Waals surface area contributed by atoms with E-state index >= 15 is 0 Å². The van der Waals surface area contributed by atoms with Crippen LogP contribution in [0.5, 0.6) is 5.75 Å². The van der Waals surface area contributed by atoms with Gasteiger partial charge in [-0.25, -0.2) is 13.2 Å². The van der Waals surface area contributed by atoms with Gasteiger partial charge in [0.25, 0.3) is 0 Å². The van der Waals surface area contributed by atoms with E-state index in [4.69, 9.17) is 9.47 Å². The molecule has 2 fully saturated rings. The van der Waals surface area contributed by atoms with E-state index in [9.17, 15) is 13.2 Å². The fourth-order valence-corrected chi connectivity index (χ4v) is 6.49. The van der Waals surface area contributed by atoms with Crippen molar-refractivity contribution in [3.05, 3.63) is 60.2 Å². The summed E-state index contributed by atoms with van der Waals surface area (Å²) >= 11 is 0. The number of carbonyl (C=O) groups is 1. The predicted molar refractivity (Wildman–Crippen MR) is 132 cm³/mol. The summed E-state index contributed by atoms with van der Waals surface area (Å²) in [7, 11) is -2.43. The Hall–Kier alpha value is -2.33. The molecule has 2 saturated heterocycles. The fraction of sp³-hybridized carbons (Fsp3) is 0.458. The molecule has 8 nitrogen and oxygen atoms in total. The molecule has 2 aliphatic rings. The molecule has 0 spiro atoms. The Bertz CT molecular complexity index is 1050. The minimum absolute atomic E-state index is 0. The Labute approximate surface area is 207 Å². The Kier molecular flexibility index (Phi) is 8.81. The van der Waals surface area contributed by atoms with Gasteiger partial charge >= 0.3 is 6.03 Å². The number of benzene rings is 2. The van der Waals surface area contributed by atoms with Crippen LogP contribution in [0.15, 0.2) is 59.5 Å². The number of hydrogen-bond donors (Lipinski definition) is 1. The van der Waals surface area contributed by atoms with Crippen molar-refractivity contribution in [2.24, 2.45) is 0 Å². The van der Waals surface area contributed by atoms with Crippen LogP contribution in [0.1, 0.15) is 24.8 Å². The quantitative estimate of drug-likeness (QED) is 0.643. The number of carbonyl (C=O) groups excluding carboxylic acids is 1. The summed E-state index contributed by atoms with van der Waals surface area (Å²) in [5, 5.41) is 3.32. The lowest BCUT2D eigenvalue weighted by Gasteiger charge is -2.48. The second-order valence-electron chi connectivity index (χ2n) is 8.29. The number of ether oxygens (including phenoxy) is 2. The number of amides is 2. The van der Waals surface area contributed by atoms with Gasteiger partial charge in [0.05, 0.1) is 25.2 Å². The summed E-state index contributed by atoms with van der Waals surface area (Å²) in [6.07, 6.45) is 1.76. The van der Waals surface area contributed by atoms with Crippen molar-refractivity contribution in [1.29, 1.82) is 0 Å². The molecule has 0 bridgehead atoms. The topological polar surface area (TPSA) is 88.2 Å². The Morgan fingerprint density at radius 2 is 1.71 bits per heavy atom. The molecule has 0 aliphatic carbocycles. The highest BCUT2D eigenvalue weighted by molar-refractivity contribution is 7.92. The van der Waals surface area contributed by atoms with E-state index in [1.807, 2.05) is 30.3 Å². The number of piperidine rings is 1. The number of sulfone groups is 1. The number of urea groups is 1. The summed E-state index contributed by atoms with van der Waals surface area (Å²) in [4.78, 5) is 15.5. The van der Waals surface area contributed by atoms with E-state index in [0.717, 1.165) is 12.0 Å². The maximum Gasteiger partial charge on any atom is 0.322 e. The number of hydrogen-bond acceptors (Lipinski definition) is 6. The third-order valence-electron chi connectivity index (χ3n) is 6.32. The van der Waals surface area contributed by atoms with Gasteiger partial charge in [0, 0.05) is 26.2 Å². The summed E-state index contributed by atoms with van der Waals surface area (Å²) < 4.78 is 39.0. The summed E-state index contributed by atoms with van der Waals surface area (Å²) in [5.41, 5.74) is 0.950. The smallest absolute Gasteiger partial charge is 0.322 e. The normalized spacial score (nSPS) is 21.0. The molecule has 2 aliphatic heterocycles. The lowest BCUT2D eigenvalue weighted by molar-refractivity contribution is 0.0260. The largest absolute Gasteiger partial charge is 0.497 e. The molecule has 186 valence electrons. The molecule has 10 heteroatoms. The number of nitrogens with one attached hydrogen (secondary N) is 1. The van der Waals surface area contributed by atoms with E-state index in [2.05, 4.69) is 5.32 Å². The van der Waals surface area contributed by atoms with Crippen molar-refractivity contribution < 1.29 is 22.7 Å². The van der Waals surface area contributed by atoms with E-state index in [-0.39, 0.29) is 23.3 Å². The van der Waals surface area contributed by atoms with E-state index in [0.29, 0.717) is 58.0 Å². The molecule has 0 aromatic heterocycles. The van der Waals surface area contributed by atoms with Crippen LogP contribution in [-0.2, 0) is 21.1 Å². The van der Waals surface area contributed by atoms with Gasteiger partial charge in [-0.2, -0.15) is 0 Å². The van der Waals surface area contributed by atoms with Gasteiger partial charge in [-0.05, 0) is 49.1 Å². The second-order valence-corrected chi connectivity index (χ2v) is 10.4. The van der Waals surface area contributed by atoms with Gasteiger partial charge in [0.1, 0.15) is 5.75 Å². The fourth-order valence-electron chi connectivity index (χ4n) is 4.47. The van der Waals surface area contributed by atoms with Gasteiger partial charge in [0.15, 0.2) is 0 Å². The third kappa shape index (κ3) is 5.17. The summed E-state index contributed by atoms with van der Waals surface area (Å²) in [6, 6.07) is 15.7. The molecule has 1 atom stereocenters. The Morgan fingerprint density at radius 3 is 2.35 bits per heavy atom. The minimum atomic E-state index is -3.97. The highest BCUT2D eigenvalue weighted by atomic mass is 35.5. The van der Waals surface area contributed by atoms with E-state index in [1.54, 1.807) is 29.2 Å². The predicted octanol–water partition coefficient (Wildman–Crippen LogP) is 3.27. The highest BCUT2D eigenvalue weighted by Crippen LogP contribution is 2.37. The van der Waals surface area contributed by atoms with E-state index in [1.165, 1.54) is 12.0 Å². The minimum Gasteiger partial charge on any atom is -0.497 e. The van der Waals surface area contributed by atoms with Gasteiger partial charge in [-0.15, -0.1) is 12.4 Å². The SMILES string of the molecule is COc1ccc(S(=O)(=O)C2(NCc3ccccc3)CCCCN2C(=O)N2CCOCC2)cc1.Cl. The monoisotopic (exact) mass is 509 g/mol. The van der Waals surface area contributed by atoms with Crippen molar-refractivity contribution in [3.8, 4) is 5.75 Å². The number of morpholine rings is 1. The molecular formula is C24H32ClN3O5S. The first-order chi connectivity index (χ1) is 16.0. The van der Waals surface area contributed by atoms with Gasteiger partial charge in [-0.1, -0.05) is 30.3 Å². The maximum atomic E-state index is 14.2. The molecular weight excluding hydrogens is 478 g/mol. The zero-order valence-corrected chi connectivity index (χ0v) is 20.9. The molecule has 34 heavy (non-hydrogen) atoms. The van der Waals surface area contributed by atoms with Crippen LogP contribution in [0.3, 0.4) is 0 Å². The van der Waals surface area contributed by atoms with Crippen molar-refractivity contribution in [3.63, 3.8) is 0 Å². The molecule has 2 amide bonds. The number of halogens is 1. The van der Waals surface area contributed by atoms with Crippen molar-refractivity contribution in [2.75, 3.05) is 40.0 Å². The Morgan fingerprint density at radius 1 is 1.03 bits per heavy atom. The first-order valence-electron chi connectivity index (χ1n) is 11.3. The maximum absolute atomic E-state index is 14.2. The van der Waals surface area contributed by atoms with Crippen molar-refractivity contribution >= 4 is 28.3 Å². The van der Waals surface area contributed by atoms with Crippen LogP contribution in [0.25, 0.3) is 0 Å². The zero-order valence-electron chi connectivity index (χ0n) is 19.3. The van der Waals surface area contributed by atoms with Crippen LogP contribution in [-0.4, -0.2) is 69.2 Å². The average molecular weight is 510 g/mol. The molecule has 1 unspecified atom stereocenters. The average Bonchev–Trinajstić information content (AvgIpc) is 2.88.